The molecule has 10 heteroatoms. The summed E-state index contributed by atoms with van der Waals surface area (Å²) in [5, 5.41) is 22.9. The van der Waals surface area contributed by atoms with Gasteiger partial charge in [0.2, 0.25) is 0 Å². The van der Waals surface area contributed by atoms with Crippen LogP contribution >= 0.6 is 23.2 Å². The molecule has 4 N–H and O–H groups in total. The van der Waals surface area contributed by atoms with Crippen LogP contribution in [0.1, 0.15) is 56.2 Å². The molecule has 1 atom stereocenters. The maximum absolute atomic E-state index is 16.1. The van der Waals surface area contributed by atoms with Gasteiger partial charge in [0.25, 0.3) is 0 Å². The Morgan fingerprint density at radius 2 is 2.00 bits per heavy atom. The van der Waals surface area contributed by atoms with E-state index in [4.69, 9.17) is 34.3 Å². The lowest BCUT2D eigenvalue weighted by Gasteiger charge is -2.49. The number of nitrogens with two attached hydrogens (primary N) is 1. The Bertz CT molecular complexity index is 1380. The van der Waals surface area contributed by atoms with Crippen molar-refractivity contribution in [3.63, 3.8) is 0 Å². The van der Waals surface area contributed by atoms with Crippen molar-refractivity contribution in [3.05, 3.63) is 86.7 Å². The summed E-state index contributed by atoms with van der Waals surface area (Å²) >= 11 is 12.6. The fourth-order valence-electron chi connectivity index (χ4n) is 4.71. The highest BCUT2D eigenvalue weighted by Crippen LogP contribution is 2.38. The first-order valence-corrected chi connectivity index (χ1v) is 13.6. The zero-order chi connectivity index (χ0) is 28.3. The second-order valence-electron chi connectivity index (χ2n) is 10.4. The molecule has 1 aliphatic carbocycles. The lowest BCUT2D eigenvalue weighted by Crippen LogP contribution is -2.68. The van der Waals surface area contributed by atoms with Gasteiger partial charge in [-0.05, 0) is 51.3 Å². The third-order valence-corrected chi connectivity index (χ3v) is 7.72. The lowest BCUT2D eigenvalue weighted by atomic mass is 9.90. The van der Waals surface area contributed by atoms with Gasteiger partial charge in [-0.3, -0.25) is 10.4 Å². The Hall–Kier alpha value is -3.25. The molecule has 1 saturated carbocycles. The van der Waals surface area contributed by atoms with Crippen molar-refractivity contribution in [2.75, 3.05) is 24.5 Å². The minimum absolute atomic E-state index is 0.0287. The Morgan fingerprint density at radius 1 is 1.33 bits per heavy atom. The molecule has 0 aromatic carbocycles. The summed E-state index contributed by atoms with van der Waals surface area (Å²) in [5.74, 6) is -0.271. The molecule has 1 aliphatic heterocycles. The largest absolute Gasteiger partial charge is 0.398 e. The van der Waals surface area contributed by atoms with Crippen molar-refractivity contribution in [1.29, 1.82) is 10.7 Å². The maximum Gasteiger partial charge on any atom is 0.146 e. The molecule has 0 unspecified atom stereocenters. The number of anilines is 1. The highest BCUT2D eigenvalue weighted by molar-refractivity contribution is 6.36. The Kier molecular flexibility index (Phi) is 8.75. The fraction of sp³-hybridized carbons (Fsp3) is 0.379. The number of allylic oxidation sites excluding steroid dienone is 5. The Labute approximate surface area is 238 Å². The second-order valence-corrected chi connectivity index (χ2v) is 11.2. The number of nitriles is 1. The van der Waals surface area contributed by atoms with Crippen LogP contribution in [-0.4, -0.2) is 40.9 Å². The quantitative estimate of drug-likeness (QED) is 0.238. The third-order valence-electron chi connectivity index (χ3n) is 7.12. The number of nitrogens with one attached hydrogen (secondary N) is 2. The third kappa shape index (κ3) is 6.33. The van der Waals surface area contributed by atoms with Gasteiger partial charge in [-0.25, -0.2) is 9.37 Å². The van der Waals surface area contributed by atoms with E-state index in [-0.39, 0.29) is 38.1 Å². The zero-order valence-corrected chi connectivity index (χ0v) is 23.7. The average Bonchev–Trinajstić information content (AvgIpc) is 3.73. The molecule has 4 rings (SSSR count). The van der Waals surface area contributed by atoms with Crippen molar-refractivity contribution in [3.8, 4) is 6.07 Å². The Balaban J connectivity index is 1.66. The minimum Gasteiger partial charge on any atom is -0.398 e. The number of hydrogen-bond donors (Lipinski definition) is 3. The SMILES string of the molecule is C/C=C/C=C(N)\C(C(=N)c1cnc(N2CC(C)(NCC3CC3)C2)c(C#N)c1)=C(\F)[C@H](C)c1c(Cl)cncc1Cl. The summed E-state index contributed by atoms with van der Waals surface area (Å²) in [7, 11) is 0. The van der Waals surface area contributed by atoms with Crippen molar-refractivity contribution >= 4 is 34.7 Å². The number of halogens is 3. The number of pyridine rings is 2. The molecule has 2 aromatic rings. The predicted molar refractivity (Wildman–Crippen MR) is 155 cm³/mol. The highest BCUT2D eigenvalue weighted by atomic mass is 35.5. The van der Waals surface area contributed by atoms with Crippen LogP contribution < -0.4 is 16.0 Å². The number of aromatic nitrogens is 2. The molecule has 3 heterocycles. The van der Waals surface area contributed by atoms with Crippen LogP contribution in [0.25, 0.3) is 0 Å². The molecule has 39 heavy (non-hydrogen) atoms. The summed E-state index contributed by atoms with van der Waals surface area (Å²) < 4.78 is 16.1. The number of hydrogen-bond acceptors (Lipinski definition) is 7. The molecule has 204 valence electrons. The summed E-state index contributed by atoms with van der Waals surface area (Å²) in [6.07, 6.45) is 11.8. The normalized spacial score (nSPS) is 18.4. The van der Waals surface area contributed by atoms with E-state index in [9.17, 15) is 5.26 Å². The van der Waals surface area contributed by atoms with E-state index in [0.29, 0.717) is 16.9 Å². The van der Waals surface area contributed by atoms with Crippen LogP contribution in [0.15, 0.2) is 60.0 Å². The number of rotatable bonds is 10. The van der Waals surface area contributed by atoms with Crippen LogP contribution in [0.3, 0.4) is 0 Å². The van der Waals surface area contributed by atoms with E-state index in [2.05, 4.69) is 28.3 Å². The predicted octanol–water partition coefficient (Wildman–Crippen LogP) is 6.05. The minimum atomic E-state index is -0.912. The second kappa shape index (κ2) is 11.9. The van der Waals surface area contributed by atoms with Crippen LogP contribution in [0, 0.1) is 22.7 Å². The molecular weight excluding hydrogens is 536 g/mol. The number of nitrogens with zero attached hydrogens (tertiary/aromatic N) is 4. The van der Waals surface area contributed by atoms with Crippen molar-refractivity contribution in [1.82, 2.24) is 15.3 Å². The molecule has 0 bridgehead atoms. The van der Waals surface area contributed by atoms with E-state index >= 15 is 4.39 Å². The van der Waals surface area contributed by atoms with Crippen LogP contribution in [-0.2, 0) is 0 Å². The molecule has 1 saturated heterocycles. The van der Waals surface area contributed by atoms with Gasteiger partial charge in [-0.2, -0.15) is 5.26 Å². The van der Waals surface area contributed by atoms with Gasteiger partial charge in [0.05, 0.1) is 32.4 Å². The summed E-state index contributed by atoms with van der Waals surface area (Å²) in [6, 6.07) is 3.75. The van der Waals surface area contributed by atoms with Gasteiger partial charge >= 0.3 is 0 Å². The molecule has 0 spiro atoms. The smallest absolute Gasteiger partial charge is 0.146 e. The molecule has 0 radical (unpaired) electrons. The average molecular weight is 569 g/mol. The van der Waals surface area contributed by atoms with E-state index in [0.717, 1.165) is 25.6 Å². The molecular formula is C29H32Cl2FN7. The van der Waals surface area contributed by atoms with Gasteiger partial charge < -0.3 is 16.0 Å². The van der Waals surface area contributed by atoms with Crippen molar-refractivity contribution in [2.45, 2.75) is 45.1 Å². The summed E-state index contributed by atoms with van der Waals surface area (Å²) in [6.45, 7) is 8.03. The molecule has 2 aliphatic rings. The first-order valence-electron chi connectivity index (χ1n) is 12.8. The summed E-state index contributed by atoms with van der Waals surface area (Å²) in [5.41, 5.74) is 6.91. The van der Waals surface area contributed by atoms with E-state index in [1.54, 1.807) is 32.1 Å². The fourth-order valence-corrected chi connectivity index (χ4v) is 5.40. The first kappa shape index (κ1) is 28.8. The first-order chi connectivity index (χ1) is 18.6. The van der Waals surface area contributed by atoms with Gasteiger partial charge in [0, 0.05) is 54.4 Å². The topological polar surface area (TPSA) is 115 Å². The Morgan fingerprint density at radius 3 is 2.59 bits per heavy atom. The maximum atomic E-state index is 16.1. The van der Waals surface area contributed by atoms with Crippen LogP contribution in [0.4, 0.5) is 10.2 Å². The highest BCUT2D eigenvalue weighted by Gasteiger charge is 2.41. The zero-order valence-electron chi connectivity index (χ0n) is 22.2. The van der Waals surface area contributed by atoms with E-state index in [1.165, 1.54) is 37.5 Å². The molecule has 7 nitrogen and oxygen atoms in total. The molecule has 2 aromatic heterocycles. The van der Waals surface area contributed by atoms with Gasteiger partial charge in [0.15, 0.2) is 0 Å². The molecule has 2 fully saturated rings. The standard InChI is InChI=1S/C29H32Cl2FN7/c1-4-5-6-23(34)25(26(32)17(2)24-21(30)13-36-14-22(24)31)27(35)20-9-19(10-33)28(37-12-20)39-15-29(3,16-39)38-11-18-7-8-18/h4-6,9,12-14,17-18,35,38H,7-8,11,15-16,34H2,1-3H3/b5-4+,23-6+,26-25-,35-27?/t17-/m1/s1. The van der Waals surface area contributed by atoms with Crippen LogP contribution in [0.2, 0.25) is 10.0 Å². The van der Waals surface area contributed by atoms with E-state index in [1.807, 2.05) is 4.90 Å². The monoisotopic (exact) mass is 567 g/mol. The summed E-state index contributed by atoms with van der Waals surface area (Å²) in [4.78, 5) is 10.5. The van der Waals surface area contributed by atoms with Gasteiger partial charge in [-0.1, -0.05) is 42.3 Å². The van der Waals surface area contributed by atoms with Crippen molar-refractivity contribution < 1.29 is 4.39 Å². The van der Waals surface area contributed by atoms with E-state index < -0.39 is 11.7 Å². The molecule has 0 amide bonds. The lowest BCUT2D eigenvalue weighted by molar-refractivity contribution is 0.277. The van der Waals surface area contributed by atoms with Gasteiger partial charge in [0.1, 0.15) is 17.7 Å². The van der Waals surface area contributed by atoms with Gasteiger partial charge in [-0.15, -0.1) is 0 Å². The van der Waals surface area contributed by atoms with Crippen LogP contribution in [0.5, 0.6) is 0 Å². The van der Waals surface area contributed by atoms with Crippen molar-refractivity contribution in [2.24, 2.45) is 11.7 Å².